The van der Waals surface area contributed by atoms with Gasteiger partial charge in [0.05, 0.1) is 0 Å². The lowest BCUT2D eigenvalue weighted by Gasteiger charge is -2.38. The third-order valence-electron chi connectivity index (χ3n) is 6.90. The molecule has 1 atom stereocenters. The molecule has 178 valence electrons. The zero-order valence-corrected chi connectivity index (χ0v) is 19.1. The number of piperazine rings is 1. The normalized spacial score (nSPS) is 20.7. The first-order valence-electron chi connectivity index (χ1n) is 11.9. The van der Waals surface area contributed by atoms with Gasteiger partial charge in [0.1, 0.15) is 6.61 Å². The summed E-state index contributed by atoms with van der Waals surface area (Å²) in [6, 6.07) is 17.6. The van der Waals surface area contributed by atoms with E-state index in [1.54, 1.807) is 20.8 Å². The summed E-state index contributed by atoms with van der Waals surface area (Å²) >= 11 is 0. The second-order valence-electron chi connectivity index (χ2n) is 8.96. The number of para-hydroxylation sites is 2. The van der Waals surface area contributed by atoms with Crippen LogP contribution in [0.15, 0.2) is 54.6 Å². The van der Waals surface area contributed by atoms with Crippen molar-refractivity contribution in [2.45, 2.75) is 24.9 Å². The second-order valence-corrected chi connectivity index (χ2v) is 8.96. The van der Waals surface area contributed by atoms with Crippen molar-refractivity contribution in [3.8, 4) is 11.5 Å². The van der Waals surface area contributed by atoms with Gasteiger partial charge < -0.3 is 24.2 Å². The quantitative estimate of drug-likeness (QED) is 0.636. The van der Waals surface area contributed by atoms with Crippen LogP contribution in [0.4, 0.5) is 0 Å². The van der Waals surface area contributed by atoms with Gasteiger partial charge in [-0.25, -0.2) is 0 Å². The van der Waals surface area contributed by atoms with Gasteiger partial charge in [-0.2, -0.15) is 0 Å². The third-order valence-corrected chi connectivity index (χ3v) is 6.90. The fourth-order valence-corrected chi connectivity index (χ4v) is 4.89. The highest BCUT2D eigenvalue weighted by Crippen LogP contribution is 2.31. The van der Waals surface area contributed by atoms with Gasteiger partial charge in [0, 0.05) is 39.3 Å². The summed E-state index contributed by atoms with van der Waals surface area (Å²) in [5.74, 6) is 0.544. The minimum atomic E-state index is -0.704. The number of fused-ring (bicyclic) bond motifs is 1. The second kappa shape index (κ2) is 9.75. The molecule has 0 radical (unpaired) electrons. The molecule has 0 N–H and O–H groups in total. The van der Waals surface area contributed by atoms with E-state index in [-0.39, 0.29) is 12.5 Å². The first kappa shape index (κ1) is 22.3. The number of ether oxygens (including phenoxy) is 2. The molecule has 2 fully saturated rings. The smallest absolute Gasteiger partial charge is 0.312 e. The molecule has 3 aliphatic heterocycles. The zero-order valence-electron chi connectivity index (χ0n) is 19.1. The van der Waals surface area contributed by atoms with Crippen molar-refractivity contribution in [2.75, 3.05) is 45.9 Å². The molecule has 0 saturated carbocycles. The number of rotatable bonds is 2. The molecule has 2 aromatic carbocycles. The molecular formula is C26H29N3O5. The van der Waals surface area contributed by atoms with Gasteiger partial charge in [0.25, 0.3) is 5.91 Å². The average molecular weight is 464 g/mol. The first-order chi connectivity index (χ1) is 16.6. The van der Waals surface area contributed by atoms with E-state index < -0.39 is 17.9 Å². The number of hydrogen-bond donors (Lipinski definition) is 0. The van der Waals surface area contributed by atoms with Crippen LogP contribution in [-0.4, -0.2) is 84.4 Å². The Bertz CT molecular complexity index is 1040. The highest BCUT2D eigenvalue weighted by atomic mass is 16.6. The largest absolute Gasteiger partial charge is 0.485 e. The number of amides is 3. The molecule has 0 aromatic heterocycles. The number of carbonyl (C=O) groups excluding carboxylic acids is 3. The van der Waals surface area contributed by atoms with Crippen LogP contribution >= 0.6 is 0 Å². The summed E-state index contributed by atoms with van der Waals surface area (Å²) < 4.78 is 11.5. The van der Waals surface area contributed by atoms with Crippen LogP contribution in [-0.2, 0) is 14.4 Å². The van der Waals surface area contributed by atoms with Crippen LogP contribution in [0.5, 0.6) is 11.5 Å². The number of hydrogen-bond acceptors (Lipinski definition) is 5. The van der Waals surface area contributed by atoms with Crippen molar-refractivity contribution in [2.24, 2.45) is 0 Å². The van der Waals surface area contributed by atoms with Crippen LogP contribution in [0.1, 0.15) is 24.3 Å². The highest BCUT2D eigenvalue weighted by Gasteiger charge is 2.36. The van der Waals surface area contributed by atoms with Gasteiger partial charge in [0.2, 0.25) is 6.10 Å². The van der Waals surface area contributed by atoms with Crippen molar-refractivity contribution in [3.63, 3.8) is 0 Å². The number of piperidine rings is 1. The molecule has 2 aromatic rings. The lowest BCUT2D eigenvalue weighted by Crippen LogP contribution is -2.57. The van der Waals surface area contributed by atoms with Crippen molar-refractivity contribution >= 4 is 17.7 Å². The summed E-state index contributed by atoms with van der Waals surface area (Å²) in [7, 11) is 0. The van der Waals surface area contributed by atoms with Gasteiger partial charge in [-0.15, -0.1) is 0 Å². The molecule has 8 heteroatoms. The molecule has 3 heterocycles. The molecule has 0 aliphatic carbocycles. The van der Waals surface area contributed by atoms with Crippen molar-refractivity contribution in [1.29, 1.82) is 0 Å². The van der Waals surface area contributed by atoms with E-state index in [0.29, 0.717) is 56.7 Å². The predicted octanol–water partition coefficient (Wildman–Crippen LogP) is 1.90. The Balaban J connectivity index is 1.10. The predicted molar refractivity (Wildman–Crippen MR) is 125 cm³/mol. The summed E-state index contributed by atoms with van der Waals surface area (Å²) in [4.78, 5) is 43.5. The molecule has 8 nitrogen and oxygen atoms in total. The van der Waals surface area contributed by atoms with Crippen LogP contribution in [0.2, 0.25) is 0 Å². The minimum absolute atomic E-state index is 0.157. The van der Waals surface area contributed by atoms with Gasteiger partial charge in [-0.1, -0.05) is 42.5 Å². The van der Waals surface area contributed by atoms with E-state index in [0.717, 1.165) is 12.8 Å². The Hall–Kier alpha value is -3.55. The van der Waals surface area contributed by atoms with Crippen molar-refractivity contribution in [3.05, 3.63) is 60.2 Å². The third kappa shape index (κ3) is 4.58. The van der Waals surface area contributed by atoms with Crippen molar-refractivity contribution < 1.29 is 23.9 Å². The van der Waals surface area contributed by atoms with E-state index in [4.69, 9.17) is 9.47 Å². The lowest BCUT2D eigenvalue weighted by molar-refractivity contribution is -0.155. The molecular weight excluding hydrogens is 434 g/mol. The number of nitrogens with zero attached hydrogens (tertiary/aromatic N) is 3. The molecule has 1 unspecified atom stereocenters. The Kier molecular flexibility index (Phi) is 6.38. The van der Waals surface area contributed by atoms with Crippen LogP contribution in [0, 0.1) is 0 Å². The van der Waals surface area contributed by atoms with Crippen molar-refractivity contribution in [1.82, 2.24) is 14.7 Å². The standard InChI is InChI=1S/C26H29N3O5/c30-24(23-18-33-21-8-4-5-9-22(21)34-23)28-14-16-29(17-15-28)26(32)25(31)27-12-10-20(11-13-27)19-6-2-1-3-7-19/h1-9,20,23H,10-18H2. The molecule has 0 spiro atoms. The maximum atomic E-state index is 12.9. The van der Waals surface area contributed by atoms with Crippen LogP contribution in [0.3, 0.4) is 0 Å². The van der Waals surface area contributed by atoms with Crippen LogP contribution in [0.25, 0.3) is 0 Å². The average Bonchev–Trinajstić information content (AvgIpc) is 2.92. The topological polar surface area (TPSA) is 79.4 Å². The molecule has 2 saturated heterocycles. The minimum Gasteiger partial charge on any atom is -0.485 e. The lowest BCUT2D eigenvalue weighted by atomic mass is 9.89. The number of likely N-dealkylation sites (tertiary alicyclic amines) is 1. The van der Waals surface area contributed by atoms with Crippen LogP contribution < -0.4 is 9.47 Å². The van der Waals surface area contributed by atoms with Gasteiger partial charge in [0.15, 0.2) is 11.5 Å². The maximum Gasteiger partial charge on any atom is 0.312 e. The molecule has 3 aliphatic rings. The maximum absolute atomic E-state index is 12.9. The van der Waals surface area contributed by atoms with Gasteiger partial charge >= 0.3 is 11.8 Å². The van der Waals surface area contributed by atoms with E-state index >= 15 is 0 Å². The summed E-state index contributed by atoms with van der Waals surface area (Å²) in [6.07, 6.45) is 1.01. The first-order valence-corrected chi connectivity index (χ1v) is 11.9. The zero-order chi connectivity index (χ0) is 23.5. The van der Waals surface area contributed by atoms with E-state index in [2.05, 4.69) is 12.1 Å². The highest BCUT2D eigenvalue weighted by molar-refractivity contribution is 6.34. The fraction of sp³-hybridized carbons (Fsp3) is 0.423. The molecule has 3 amide bonds. The number of carbonyl (C=O) groups is 3. The Morgan fingerprint density at radius 1 is 0.676 bits per heavy atom. The Labute approximate surface area is 199 Å². The summed E-state index contributed by atoms with van der Waals surface area (Å²) in [5.41, 5.74) is 1.29. The fourth-order valence-electron chi connectivity index (χ4n) is 4.89. The molecule has 5 rings (SSSR count). The van der Waals surface area contributed by atoms with E-state index in [1.807, 2.05) is 36.4 Å². The van der Waals surface area contributed by atoms with Gasteiger partial charge in [-0.3, -0.25) is 14.4 Å². The Morgan fingerprint density at radius 2 is 1.24 bits per heavy atom. The Morgan fingerprint density at radius 3 is 1.91 bits per heavy atom. The number of benzene rings is 2. The summed E-state index contributed by atoms with van der Waals surface area (Å²) in [5, 5.41) is 0. The molecule has 34 heavy (non-hydrogen) atoms. The monoisotopic (exact) mass is 463 g/mol. The summed E-state index contributed by atoms with van der Waals surface area (Å²) in [6.45, 7) is 2.74. The van der Waals surface area contributed by atoms with E-state index in [9.17, 15) is 14.4 Å². The van der Waals surface area contributed by atoms with Gasteiger partial charge in [-0.05, 0) is 36.5 Å². The SMILES string of the molecule is O=C(C(=O)N1CCN(C(=O)C2COc3ccccc3O2)CC1)N1CCC(c2ccccc2)CC1. The molecule has 0 bridgehead atoms. The van der Waals surface area contributed by atoms with E-state index in [1.165, 1.54) is 5.56 Å².